The minimum atomic E-state index is -2.27. The lowest BCUT2D eigenvalue weighted by Gasteiger charge is -2.59. The average Bonchev–Trinajstić information content (AvgIpc) is 3.86. The normalized spacial score (nSPS) is 36.9. The number of hydrogen-bond donors (Lipinski definition) is 2. The molecule has 3 aliphatic heterocycles. The number of epoxide rings is 1. The second-order valence-corrected chi connectivity index (χ2v) is 19.9. The lowest BCUT2D eigenvalue weighted by atomic mass is 9.54. The van der Waals surface area contributed by atoms with E-state index in [-0.39, 0.29) is 24.9 Å². The number of rotatable bonds is 29. The summed E-state index contributed by atoms with van der Waals surface area (Å²) in [6, 6.07) is 0. The van der Waals surface area contributed by atoms with Gasteiger partial charge in [-0.15, -0.1) is 0 Å². The Hall–Kier alpha value is -2.14. The van der Waals surface area contributed by atoms with Crippen molar-refractivity contribution >= 4 is 11.8 Å². The maximum absolute atomic E-state index is 14.1. The van der Waals surface area contributed by atoms with Gasteiger partial charge in [0.05, 0.1) is 5.60 Å². The molecular formula is C52H82O9. The van der Waals surface area contributed by atoms with E-state index < -0.39 is 64.3 Å². The molecular weight excluding hydrogens is 769 g/mol. The summed E-state index contributed by atoms with van der Waals surface area (Å²) in [7, 11) is 0. The number of fused-ring (bicyclic) bond motifs is 3. The molecule has 3 bridgehead atoms. The summed E-state index contributed by atoms with van der Waals surface area (Å²) in [5.41, 5.74) is -4.85. The van der Waals surface area contributed by atoms with E-state index in [1.807, 2.05) is 19.1 Å². The Morgan fingerprint density at radius 3 is 1.95 bits per heavy atom. The van der Waals surface area contributed by atoms with E-state index in [9.17, 15) is 19.8 Å². The SMILES string of the molecule is C=C(C)[C@]12C[C@@H](C)[C@@]34O[C@](/C=C/C=C/CCCCCCCCC)(O[C@@H]1[C@@H]3[C@@H]1O[C@]1(COC(=O)CCCCCCCCCCCCCCCCC)[C@@H](O)[C@]1(O)C(=O)C(C)=C[C@H]14)O2. The summed E-state index contributed by atoms with van der Waals surface area (Å²) < 4.78 is 33.3. The second kappa shape index (κ2) is 21.2. The molecule has 0 aromatic heterocycles. The quantitative estimate of drug-likeness (QED) is 0.0249. The fourth-order valence-electron chi connectivity index (χ4n) is 11.9. The molecule has 3 saturated heterocycles. The molecule has 0 spiro atoms. The van der Waals surface area contributed by atoms with Crippen LogP contribution in [0.3, 0.4) is 0 Å². The molecule has 0 aromatic carbocycles. The summed E-state index contributed by atoms with van der Waals surface area (Å²) in [6.07, 6.45) is 35.7. The Bertz CT molecular complexity index is 1590. The molecule has 6 aliphatic rings. The zero-order valence-corrected chi connectivity index (χ0v) is 38.7. The van der Waals surface area contributed by atoms with Gasteiger partial charge in [-0.05, 0) is 56.6 Å². The number of aliphatic hydroxyl groups excluding tert-OH is 1. The smallest absolute Gasteiger partial charge is 0.306 e. The Morgan fingerprint density at radius 1 is 0.820 bits per heavy atom. The van der Waals surface area contributed by atoms with Crippen molar-refractivity contribution in [2.75, 3.05) is 6.61 Å². The largest absolute Gasteiger partial charge is 0.462 e. The van der Waals surface area contributed by atoms with Gasteiger partial charge in [-0.1, -0.05) is 180 Å². The lowest BCUT2D eigenvalue weighted by molar-refractivity contribution is -0.406. The molecule has 0 radical (unpaired) electrons. The van der Waals surface area contributed by atoms with Crippen LogP contribution < -0.4 is 0 Å². The highest BCUT2D eigenvalue weighted by atomic mass is 16.9. The number of esters is 1. The number of ether oxygens (including phenoxy) is 5. The molecule has 2 N–H and O–H groups in total. The third kappa shape index (κ3) is 9.78. The molecule has 2 saturated carbocycles. The van der Waals surface area contributed by atoms with Gasteiger partial charge in [0.1, 0.15) is 30.5 Å². The summed E-state index contributed by atoms with van der Waals surface area (Å²) >= 11 is 0. The molecule has 0 aromatic rings. The number of ketones is 1. The maximum Gasteiger partial charge on any atom is 0.306 e. The van der Waals surface area contributed by atoms with Crippen molar-refractivity contribution in [1.82, 2.24) is 0 Å². The molecule has 344 valence electrons. The third-order valence-electron chi connectivity index (χ3n) is 15.4. The molecule has 9 heteroatoms. The second-order valence-electron chi connectivity index (χ2n) is 19.9. The van der Waals surface area contributed by atoms with Crippen molar-refractivity contribution in [3.63, 3.8) is 0 Å². The van der Waals surface area contributed by atoms with Crippen molar-refractivity contribution in [3.8, 4) is 0 Å². The van der Waals surface area contributed by atoms with Gasteiger partial charge in [-0.3, -0.25) is 9.59 Å². The zero-order valence-electron chi connectivity index (χ0n) is 38.7. The first kappa shape index (κ1) is 48.3. The molecule has 3 aliphatic carbocycles. The van der Waals surface area contributed by atoms with Gasteiger partial charge in [0.15, 0.2) is 17.0 Å². The van der Waals surface area contributed by atoms with Crippen LogP contribution in [0.5, 0.6) is 0 Å². The third-order valence-corrected chi connectivity index (χ3v) is 15.4. The first-order valence-corrected chi connectivity index (χ1v) is 24.9. The molecule has 6 rings (SSSR count). The summed E-state index contributed by atoms with van der Waals surface area (Å²) in [4.78, 5) is 27.3. The predicted octanol–water partition coefficient (Wildman–Crippen LogP) is 11.2. The highest BCUT2D eigenvalue weighted by molar-refractivity contribution is 6.05. The Kier molecular flexibility index (Phi) is 16.8. The summed E-state index contributed by atoms with van der Waals surface area (Å²) in [5, 5.41) is 25.0. The summed E-state index contributed by atoms with van der Waals surface area (Å²) in [5.74, 6) is -4.34. The van der Waals surface area contributed by atoms with Crippen LogP contribution in [0.25, 0.3) is 0 Å². The van der Waals surface area contributed by atoms with Crippen LogP contribution in [0.15, 0.2) is 48.1 Å². The van der Waals surface area contributed by atoms with Gasteiger partial charge >= 0.3 is 11.9 Å². The Morgan fingerprint density at radius 2 is 1.38 bits per heavy atom. The molecule has 5 fully saturated rings. The molecule has 0 unspecified atom stereocenters. The number of hydrogen-bond acceptors (Lipinski definition) is 9. The van der Waals surface area contributed by atoms with E-state index >= 15 is 0 Å². The summed E-state index contributed by atoms with van der Waals surface area (Å²) in [6.45, 7) is 14.3. The highest BCUT2D eigenvalue weighted by Crippen LogP contribution is 2.72. The van der Waals surface area contributed by atoms with Crippen LogP contribution in [-0.4, -0.2) is 75.3 Å². The lowest BCUT2D eigenvalue weighted by Crippen LogP contribution is -2.72. The standard InChI is InChI=1S/C52H82O9/c1-7-9-11-13-15-17-19-20-21-22-23-25-27-29-31-33-42(53)57-37-49-46(58-49)43-45-48(38(3)4)36-40(6)52(43,41-35-39(5)44(54)51(41,56)47(49)55)61-50(59-45,60-48)34-32-30-28-26-24-18-16-14-12-10-8-2/h28,30,32,34-35,40-41,43,45-47,55-56H,3,7-27,29,31,33,36-37H2,1-2,4-6H3/b30-28+,34-32+/t40-,41-,43-,45-,46+,47-,48-,49+,50-,51-,52+/m1/s1. The van der Waals surface area contributed by atoms with Gasteiger partial charge in [-0.2, -0.15) is 0 Å². The van der Waals surface area contributed by atoms with E-state index in [2.05, 4.69) is 33.4 Å². The number of unbranched alkanes of at least 4 members (excludes halogenated alkanes) is 21. The fraction of sp³-hybridized carbons (Fsp3) is 0.808. The maximum atomic E-state index is 14.1. The van der Waals surface area contributed by atoms with E-state index in [1.165, 1.54) is 116 Å². The van der Waals surface area contributed by atoms with Gasteiger partial charge in [0, 0.05) is 24.3 Å². The van der Waals surface area contributed by atoms with Crippen molar-refractivity contribution in [2.45, 2.75) is 242 Å². The van der Waals surface area contributed by atoms with Crippen molar-refractivity contribution in [3.05, 3.63) is 48.1 Å². The monoisotopic (exact) mass is 851 g/mol. The van der Waals surface area contributed by atoms with Crippen LogP contribution in [-0.2, 0) is 33.3 Å². The van der Waals surface area contributed by atoms with Gasteiger partial charge in [-0.25, -0.2) is 0 Å². The van der Waals surface area contributed by atoms with Crippen LogP contribution in [0.2, 0.25) is 0 Å². The van der Waals surface area contributed by atoms with Crippen LogP contribution >= 0.6 is 0 Å². The minimum Gasteiger partial charge on any atom is -0.462 e. The van der Waals surface area contributed by atoms with Crippen LogP contribution in [0, 0.1) is 17.8 Å². The van der Waals surface area contributed by atoms with Crippen molar-refractivity contribution in [2.24, 2.45) is 17.8 Å². The van der Waals surface area contributed by atoms with Crippen LogP contribution in [0.4, 0.5) is 0 Å². The van der Waals surface area contributed by atoms with Gasteiger partial charge in [0.2, 0.25) is 0 Å². The van der Waals surface area contributed by atoms with Crippen LogP contribution in [0.1, 0.15) is 195 Å². The molecule has 3 heterocycles. The van der Waals surface area contributed by atoms with E-state index in [0.717, 1.165) is 37.7 Å². The zero-order chi connectivity index (χ0) is 43.7. The van der Waals surface area contributed by atoms with Crippen molar-refractivity contribution in [1.29, 1.82) is 0 Å². The number of carbonyl (C=O) groups is 2. The topological polar surface area (TPSA) is 124 Å². The average molecular weight is 851 g/mol. The predicted molar refractivity (Wildman–Crippen MR) is 240 cm³/mol. The number of carbonyl (C=O) groups excluding carboxylic acids is 2. The Balaban J connectivity index is 1.07. The van der Waals surface area contributed by atoms with Crippen molar-refractivity contribution < 1.29 is 43.5 Å². The van der Waals surface area contributed by atoms with E-state index in [1.54, 1.807) is 19.1 Å². The van der Waals surface area contributed by atoms with E-state index in [0.29, 0.717) is 12.0 Å². The fourth-order valence-corrected chi connectivity index (χ4v) is 11.9. The molecule has 61 heavy (non-hydrogen) atoms. The molecule has 11 atom stereocenters. The molecule has 9 nitrogen and oxygen atoms in total. The van der Waals surface area contributed by atoms with Gasteiger partial charge in [0.25, 0.3) is 0 Å². The highest BCUT2D eigenvalue weighted by Gasteiger charge is 2.88. The molecule has 0 amide bonds. The van der Waals surface area contributed by atoms with E-state index in [4.69, 9.17) is 23.7 Å². The minimum absolute atomic E-state index is 0.260. The number of aliphatic hydroxyl groups is 2. The van der Waals surface area contributed by atoms with Gasteiger partial charge < -0.3 is 33.9 Å². The first-order chi connectivity index (χ1) is 29.4. The number of allylic oxidation sites excluding steroid dienone is 3. The number of Topliss-reactive ketones (excluding diaryl/α,β-unsaturated/α-hetero) is 1. The first-order valence-electron chi connectivity index (χ1n) is 24.9. The Labute approximate surface area is 368 Å².